The highest BCUT2D eigenvalue weighted by molar-refractivity contribution is 7.99. The van der Waals surface area contributed by atoms with Crippen LogP contribution in [-0.4, -0.2) is 38.9 Å². The van der Waals surface area contributed by atoms with Gasteiger partial charge in [0, 0.05) is 11.3 Å². The number of ketones is 1. The number of hydrogen-bond donors (Lipinski definition) is 0. The van der Waals surface area contributed by atoms with Crippen molar-refractivity contribution < 1.29 is 18.7 Å². The highest BCUT2D eigenvalue weighted by Crippen LogP contribution is 2.28. The van der Waals surface area contributed by atoms with Crippen LogP contribution in [-0.2, 0) is 9.53 Å². The Labute approximate surface area is 196 Å². The Morgan fingerprint density at radius 3 is 2.47 bits per heavy atom. The molecule has 162 valence electrons. The largest absolute Gasteiger partial charge is 0.457 e. The number of thioether (sulfide) groups is 1. The van der Waals surface area contributed by atoms with Crippen LogP contribution >= 0.6 is 34.7 Å². The lowest BCUT2D eigenvalue weighted by atomic mass is 10.2. The zero-order chi connectivity index (χ0) is 22.5. The standard InChI is InChI=1S/C22H15ClFN3O3S2/c23-19-11-10-18(32-19)17(28)12-30-20(29)13-31-22-26-25-21(14-6-8-15(24)9-7-14)27(22)16-4-2-1-3-5-16/h1-11H,12-13H2. The summed E-state index contributed by atoms with van der Waals surface area (Å²) in [6.07, 6.45) is 0. The number of carbonyl (C=O) groups excluding carboxylic acids is 2. The van der Waals surface area contributed by atoms with Gasteiger partial charge in [0.1, 0.15) is 5.82 Å². The molecule has 0 saturated carbocycles. The molecule has 2 aromatic carbocycles. The Hall–Kier alpha value is -3.01. The Morgan fingerprint density at radius 1 is 1.03 bits per heavy atom. The van der Waals surface area contributed by atoms with Crippen LogP contribution in [0.2, 0.25) is 4.34 Å². The maximum atomic E-state index is 13.4. The summed E-state index contributed by atoms with van der Waals surface area (Å²) in [6.45, 7) is -0.359. The van der Waals surface area contributed by atoms with Crippen molar-refractivity contribution in [3.63, 3.8) is 0 Å². The molecular weight excluding hydrogens is 473 g/mol. The SMILES string of the molecule is O=C(CSc1nnc(-c2ccc(F)cc2)n1-c1ccccc1)OCC(=O)c1ccc(Cl)s1. The number of nitrogens with zero attached hydrogens (tertiary/aromatic N) is 3. The lowest BCUT2D eigenvalue weighted by Gasteiger charge is -2.10. The first-order valence-corrected chi connectivity index (χ1v) is 11.5. The van der Waals surface area contributed by atoms with E-state index in [2.05, 4.69) is 10.2 Å². The van der Waals surface area contributed by atoms with Gasteiger partial charge in [-0.1, -0.05) is 41.6 Å². The van der Waals surface area contributed by atoms with E-state index in [1.165, 1.54) is 12.1 Å². The van der Waals surface area contributed by atoms with Crippen LogP contribution in [0.25, 0.3) is 17.1 Å². The monoisotopic (exact) mass is 487 g/mol. The molecule has 0 N–H and O–H groups in total. The molecule has 2 aromatic heterocycles. The number of thiophene rings is 1. The lowest BCUT2D eigenvalue weighted by Crippen LogP contribution is -2.15. The molecule has 2 heterocycles. The fourth-order valence-electron chi connectivity index (χ4n) is 2.81. The molecule has 0 aliphatic heterocycles. The zero-order valence-electron chi connectivity index (χ0n) is 16.4. The highest BCUT2D eigenvalue weighted by atomic mass is 35.5. The number of para-hydroxylation sites is 1. The molecule has 0 amide bonds. The zero-order valence-corrected chi connectivity index (χ0v) is 18.8. The van der Waals surface area contributed by atoms with Gasteiger partial charge in [0.25, 0.3) is 0 Å². The molecule has 0 fully saturated rings. The molecule has 0 saturated heterocycles. The van der Waals surface area contributed by atoms with E-state index >= 15 is 0 Å². The second kappa shape index (κ2) is 10.1. The van der Waals surface area contributed by atoms with Gasteiger partial charge in [-0.3, -0.25) is 14.2 Å². The van der Waals surface area contributed by atoms with Crippen LogP contribution in [0, 0.1) is 5.82 Å². The number of benzene rings is 2. The summed E-state index contributed by atoms with van der Waals surface area (Å²) in [5.74, 6) is -0.774. The number of ether oxygens (including phenoxy) is 1. The average molecular weight is 488 g/mol. The molecule has 0 aliphatic carbocycles. The van der Waals surface area contributed by atoms with Gasteiger partial charge in [0.05, 0.1) is 15.0 Å². The van der Waals surface area contributed by atoms with E-state index in [0.717, 1.165) is 28.8 Å². The molecule has 0 bridgehead atoms. The van der Waals surface area contributed by atoms with Gasteiger partial charge >= 0.3 is 5.97 Å². The molecule has 0 atom stereocenters. The predicted octanol–water partition coefficient (Wildman–Crippen LogP) is 5.31. The van der Waals surface area contributed by atoms with Gasteiger partial charge in [-0.25, -0.2) is 4.39 Å². The minimum absolute atomic E-state index is 0.0626. The molecule has 0 radical (unpaired) electrons. The van der Waals surface area contributed by atoms with Crippen molar-refractivity contribution >= 4 is 46.5 Å². The van der Waals surface area contributed by atoms with Gasteiger partial charge in [-0.05, 0) is 48.5 Å². The van der Waals surface area contributed by atoms with Gasteiger partial charge in [-0.15, -0.1) is 21.5 Å². The van der Waals surface area contributed by atoms with Crippen LogP contribution in [0.15, 0.2) is 71.9 Å². The molecule has 0 aliphatic rings. The summed E-state index contributed by atoms with van der Waals surface area (Å²) in [5, 5.41) is 8.90. The van der Waals surface area contributed by atoms with Gasteiger partial charge in [-0.2, -0.15) is 0 Å². The molecular formula is C22H15ClFN3O3S2. The topological polar surface area (TPSA) is 74.1 Å². The Balaban J connectivity index is 1.48. The summed E-state index contributed by atoms with van der Waals surface area (Å²) in [6, 6.07) is 18.5. The van der Waals surface area contributed by atoms with E-state index in [4.69, 9.17) is 16.3 Å². The molecule has 0 unspecified atom stereocenters. The first-order valence-electron chi connectivity index (χ1n) is 9.35. The maximum Gasteiger partial charge on any atom is 0.316 e. The fraction of sp³-hybridized carbons (Fsp3) is 0.0909. The maximum absolute atomic E-state index is 13.4. The van der Waals surface area contributed by atoms with Crippen LogP contribution in [0.1, 0.15) is 9.67 Å². The van der Waals surface area contributed by atoms with Crippen molar-refractivity contribution in [3.8, 4) is 17.1 Å². The van der Waals surface area contributed by atoms with Crippen molar-refractivity contribution in [2.75, 3.05) is 12.4 Å². The second-order valence-electron chi connectivity index (χ2n) is 6.46. The molecule has 6 nitrogen and oxygen atoms in total. The summed E-state index contributed by atoms with van der Waals surface area (Å²) < 4.78 is 20.7. The average Bonchev–Trinajstić information content (AvgIpc) is 3.43. The van der Waals surface area contributed by atoms with Crippen molar-refractivity contribution in [1.82, 2.24) is 14.8 Å². The third kappa shape index (κ3) is 5.24. The third-order valence-electron chi connectivity index (χ3n) is 4.28. The second-order valence-corrected chi connectivity index (χ2v) is 9.12. The Morgan fingerprint density at radius 2 is 1.78 bits per heavy atom. The van der Waals surface area contributed by atoms with Crippen LogP contribution in [0.3, 0.4) is 0 Å². The number of hydrogen-bond acceptors (Lipinski definition) is 7. The number of rotatable bonds is 8. The van der Waals surface area contributed by atoms with Crippen molar-refractivity contribution in [2.45, 2.75) is 5.16 Å². The summed E-state index contributed by atoms with van der Waals surface area (Å²) in [7, 11) is 0. The number of halogens is 2. The number of carbonyl (C=O) groups is 2. The predicted molar refractivity (Wildman–Crippen MR) is 122 cm³/mol. The first kappa shape index (κ1) is 22.2. The minimum atomic E-state index is -0.558. The molecule has 32 heavy (non-hydrogen) atoms. The van der Waals surface area contributed by atoms with Crippen LogP contribution < -0.4 is 0 Å². The van der Waals surface area contributed by atoms with E-state index in [1.54, 1.807) is 28.8 Å². The van der Waals surface area contributed by atoms with Crippen molar-refractivity contribution in [3.05, 3.63) is 81.8 Å². The number of esters is 1. The Bertz CT molecular complexity index is 1240. The molecule has 0 spiro atoms. The summed E-state index contributed by atoms with van der Waals surface area (Å²) >= 11 is 8.09. The molecule has 4 rings (SSSR count). The Kier molecular flexibility index (Phi) is 6.99. The van der Waals surface area contributed by atoms with E-state index in [-0.39, 0.29) is 24.0 Å². The van der Waals surface area contributed by atoms with Gasteiger partial charge in [0.2, 0.25) is 5.78 Å². The normalized spacial score (nSPS) is 10.8. The van der Waals surface area contributed by atoms with Gasteiger partial charge in [0.15, 0.2) is 17.6 Å². The van der Waals surface area contributed by atoms with Crippen LogP contribution in [0.4, 0.5) is 4.39 Å². The fourth-order valence-corrected chi connectivity index (χ4v) is 4.52. The van der Waals surface area contributed by atoms with Gasteiger partial charge < -0.3 is 4.74 Å². The molecule has 10 heteroatoms. The molecule has 4 aromatic rings. The van der Waals surface area contributed by atoms with E-state index in [0.29, 0.717) is 25.8 Å². The minimum Gasteiger partial charge on any atom is -0.457 e. The van der Waals surface area contributed by atoms with Crippen molar-refractivity contribution in [2.24, 2.45) is 0 Å². The number of Topliss-reactive ketones (excluding diaryl/α,β-unsaturated/α-hetero) is 1. The van der Waals surface area contributed by atoms with E-state index in [1.807, 2.05) is 30.3 Å². The third-order valence-corrected chi connectivity index (χ3v) is 6.46. The summed E-state index contributed by atoms with van der Waals surface area (Å²) in [4.78, 5) is 24.7. The quantitative estimate of drug-likeness (QED) is 0.190. The van der Waals surface area contributed by atoms with E-state index < -0.39 is 5.97 Å². The first-order chi connectivity index (χ1) is 15.5. The van der Waals surface area contributed by atoms with Crippen molar-refractivity contribution in [1.29, 1.82) is 0 Å². The summed E-state index contributed by atoms with van der Waals surface area (Å²) in [5.41, 5.74) is 1.47. The van der Waals surface area contributed by atoms with Crippen LogP contribution in [0.5, 0.6) is 0 Å². The highest BCUT2D eigenvalue weighted by Gasteiger charge is 2.18. The van der Waals surface area contributed by atoms with E-state index in [9.17, 15) is 14.0 Å². The smallest absolute Gasteiger partial charge is 0.316 e. The number of aromatic nitrogens is 3. The lowest BCUT2D eigenvalue weighted by molar-refractivity contribution is -0.139.